The molecular formula is C20H21N5O3S. The number of nitrogens with one attached hydrogen (secondary N) is 1. The summed E-state index contributed by atoms with van der Waals surface area (Å²) in [6, 6.07) is 14.2. The Morgan fingerprint density at radius 3 is 2.41 bits per heavy atom. The van der Waals surface area contributed by atoms with E-state index in [4.69, 9.17) is 4.74 Å². The zero-order valence-electron chi connectivity index (χ0n) is 16.3. The Kier molecular flexibility index (Phi) is 6.61. The second-order valence-electron chi connectivity index (χ2n) is 6.50. The van der Waals surface area contributed by atoms with Crippen LogP contribution in [0.4, 0.5) is 5.69 Å². The minimum Gasteiger partial charge on any atom is -0.497 e. The minimum atomic E-state index is -0.107. The summed E-state index contributed by atoms with van der Waals surface area (Å²) in [7, 11) is 1.60. The molecule has 150 valence electrons. The van der Waals surface area contributed by atoms with Crippen molar-refractivity contribution < 1.29 is 14.3 Å². The van der Waals surface area contributed by atoms with Crippen molar-refractivity contribution in [2.24, 2.45) is 5.92 Å². The maximum absolute atomic E-state index is 12.5. The van der Waals surface area contributed by atoms with Crippen LogP contribution in [0, 0.1) is 5.92 Å². The minimum absolute atomic E-state index is 0.0546. The van der Waals surface area contributed by atoms with Gasteiger partial charge in [0.2, 0.25) is 11.1 Å². The number of amides is 1. The fourth-order valence-corrected chi connectivity index (χ4v) is 3.18. The van der Waals surface area contributed by atoms with Gasteiger partial charge in [-0.2, -0.15) is 4.68 Å². The second-order valence-corrected chi connectivity index (χ2v) is 7.45. The summed E-state index contributed by atoms with van der Waals surface area (Å²) >= 11 is 1.26. The summed E-state index contributed by atoms with van der Waals surface area (Å²) in [5.74, 6) is 0.698. The van der Waals surface area contributed by atoms with E-state index in [0.717, 1.165) is 11.4 Å². The number of tetrazole rings is 1. The van der Waals surface area contributed by atoms with E-state index in [0.29, 0.717) is 16.4 Å². The third-order valence-corrected chi connectivity index (χ3v) is 5.01. The number of anilines is 1. The third-order valence-electron chi connectivity index (χ3n) is 4.09. The number of hydrogen-bond donors (Lipinski definition) is 1. The number of Topliss-reactive ketones (excluding diaryl/α,β-unsaturated/α-hetero) is 1. The summed E-state index contributed by atoms with van der Waals surface area (Å²) in [4.78, 5) is 24.3. The normalized spacial score (nSPS) is 10.8. The molecule has 29 heavy (non-hydrogen) atoms. The Hall–Kier alpha value is -3.20. The smallest absolute Gasteiger partial charge is 0.226 e. The van der Waals surface area contributed by atoms with Crippen molar-refractivity contribution in [3.8, 4) is 11.4 Å². The Bertz CT molecular complexity index is 984. The van der Waals surface area contributed by atoms with E-state index < -0.39 is 0 Å². The highest BCUT2D eigenvalue weighted by Crippen LogP contribution is 2.21. The molecule has 9 heteroatoms. The first-order valence-electron chi connectivity index (χ1n) is 8.97. The number of rotatable bonds is 8. The van der Waals surface area contributed by atoms with E-state index in [1.165, 1.54) is 11.8 Å². The van der Waals surface area contributed by atoms with E-state index in [1.54, 1.807) is 36.1 Å². The van der Waals surface area contributed by atoms with Crippen molar-refractivity contribution in [3.63, 3.8) is 0 Å². The maximum Gasteiger partial charge on any atom is 0.226 e. The number of carbonyl (C=O) groups excluding carboxylic acids is 2. The van der Waals surface area contributed by atoms with Crippen LogP contribution in [0.15, 0.2) is 53.7 Å². The molecule has 0 unspecified atom stereocenters. The molecule has 1 aromatic heterocycles. The van der Waals surface area contributed by atoms with Crippen molar-refractivity contribution in [1.82, 2.24) is 20.2 Å². The van der Waals surface area contributed by atoms with Gasteiger partial charge in [0, 0.05) is 17.2 Å². The lowest BCUT2D eigenvalue weighted by Crippen LogP contribution is -2.17. The highest BCUT2D eigenvalue weighted by atomic mass is 32.2. The molecule has 3 rings (SSSR count). The molecule has 0 saturated carbocycles. The average molecular weight is 411 g/mol. The second kappa shape index (κ2) is 9.33. The Morgan fingerprint density at radius 1 is 1.10 bits per heavy atom. The van der Waals surface area contributed by atoms with Gasteiger partial charge in [-0.3, -0.25) is 9.59 Å². The van der Waals surface area contributed by atoms with Crippen molar-refractivity contribution in [1.29, 1.82) is 0 Å². The molecular weight excluding hydrogens is 390 g/mol. The number of ether oxygens (including phenoxy) is 1. The van der Waals surface area contributed by atoms with Gasteiger partial charge in [0.05, 0.1) is 18.6 Å². The highest BCUT2D eigenvalue weighted by molar-refractivity contribution is 7.99. The van der Waals surface area contributed by atoms with Gasteiger partial charge in [-0.25, -0.2) is 0 Å². The fraction of sp³-hybridized carbons (Fsp3) is 0.250. The van der Waals surface area contributed by atoms with Crippen LogP contribution in [-0.4, -0.2) is 44.8 Å². The van der Waals surface area contributed by atoms with Crippen LogP contribution in [-0.2, 0) is 4.79 Å². The molecule has 3 aromatic rings. The molecule has 1 amide bonds. The molecule has 1 heterocycles. The van der Waals surface area contributed by atoms with Gasteiger partial charge < -0.3 is 10.1 Å². The van der Waals surface area contributed by atoms with Crippen LogP contribution in [0.25, 0.3) is 5.69 Å². The summed E-state index contributed by atoms with van der Waals surface area (Å²) in [6.45, 7) is 3.65. The van der Waals surface area contributed by atoms with Gasteiger partial charge in [-0.1, -0.05) is 25.6 Å². The van der Waals surface area contributed by atoms with Crippen LogP contribution in [0.1, 0.15) is 24.2 Å². The molecule has 0 aliphatic heterocycles. The molecule has 0 bridgehead atoms. The number of ketones is 1. The lowest BCUT2D eigenvalue weighted by atomic mass is 10.1. The van der Waals surface area contributed by atoms with E-state index >= 15 is 0 Å². The van der Waals surface area contributed by atoms with E-state index in [1.807, 2.05) is 38.1 Å². The molecule has 0 fully saturated rings. The predicted octanol–water partition coefficient (Wildman–Crippen LogP) is 3.24. The largest absolute Gasteiger partial charge is 0.497 e. The first-order chi connectivity index (χ1) is 14.0. The van der Waals surface area contributed by atoms with Gasteiger partial charge in [0.25, 0.3) is 0 Å². The number of carbonyl (C=O) groups is 2. The zero-order valence-corrected chi connectivity index (χ0v) is 17.1. The number of hydrogen-bond acceptors (Lipinski definition) is 7. The quantitative estimate of drug-likeness (QED) is 0.449. The number of benzene rings is 2. The summed E-state index contributed by atoms with van der Waals surface area (Å²) < 4.78 is 6.72. The van der Waals surface area contributed by atoms with E-state index in [9.17, 15) is 9.59 Å². The zero-order chi connectivity index (χ0) is 20.8. The van der Waals surface area contributed by atoms with Crippen molar-refractivity contribution in [3.05, 3.63) is 54.1 Å². The van der Waals surface area contributed by atoms with Crippen LogP contribution in [0.3, 0.4) is 0 Å². The Balaban J connectivity index is 1.62. The van der Waals surface area contributed by atoms with Crippen molar-refractivity contribution in [2.45, 2.75) is 19.0 Å². The first-order valence-corrected chi connectivity index (χ1v) is 9.96. The summed E-state index contributed by atoms with van der Waals surface area (Å²) in [5.41, 5.74) is 2.00. The summed E-state index contributed by atoms with van der Waals surface area (Å²) in [6.07, 6.45) is 0. The van der Waals surface area contributed by atoms with Gasteiger partial charge in [-0.05, 0) is 59.0 Å². The molecule has 2 aromatic carbocycles. The molecule has 1 N–H and O–H groups in total. The molecule has 0 aliphatic carbocycles. The van der Waals surface area contributed by atoms with Crippen LogP contribution in [0.5, 0.6) is 5.75 Å². The number of methoxy groups -OCH3 is 1. The van der Waals surface area contributed by atoms with Gasteiger partial charge in [0.1, 0.15) is 5.75 Å². The standard InChI is InChI=1S/C20H21N5O3S/c1-13(2)19(27)21-15-6-4-14(5-7-15)18(26)12-29-20-22-23-24-25(20)16-8-10-17(28-3)11-9-16/h4-11,13H,12H2,1-3H3,(H,21,27). The lowest BCUT2D eigenvalue weighted by molar-refractivity contribution is -0.118. The first kappa shape index (κ1) is 20.5. The molecule has 8 nitrogen and oxygen atoms in total. The van der Waals surface area contributed by atoms with Gasteiger partial charge in [-0.15, -0.1) is 5.10 Å². The van der Waals surface area contributed by atoms with Crippen LogP contribution < -0.4 is 10.1 Å². The summed E-state index contributed by atoms with van der Waals surface area (Å²) in [5, 5.41) is 15.0. The SMILES string of the molecule is COc1ccc(-n2nnnc2SCC(=O)c2ccc(NC(=O)C(C)C)cc2)cc1. The molecule has 0 saturated heterocycles. The average Bonchev–Trinajstić information content (AvgIpc) is 3.21. The maximum atomic E-state index is 12.5. The highest BCUT2D eigenvalue weighted by Gasteiger charge is 2.13. The van der Waals surface area contributed by atoms with Crippen molar-refractivity contribution in [2.75, 3.05) is 18.2 Å². The van der Waals surface area contributed by atoms with Crippen LogP contribution >= 0.6 is 11.8 Å². The third kappa shape index (κ3) is 5.20. The molecule has 0 aliphatic rings. The number of aromatic nitrogens is 4. The van der Waals surface area contributed by atoms with Gasteiger partial charge >= 0.3 is 0 Å². The van der Waals surface area contributed by atoms with Gasteiger partial charge in [0.15, 0.2) is 5.78 Å². The van der Waals surface area contributed by atoms with E-state index in [2.05, 4.69) is 20.8 Å². The molecule has 0 atom stereocenters. The topological polar surface area (TPSA) is 99.0 Å². The number of thioether (sulfide) groups is 1. The fourth-order valence-electron chi connectivity index (χ4n) is 2.39. The Labute approximate surface area is 172 Å². The predicted molar refractivity (Wildman–Crippen MR) is 111 cm³/mol. The monoisotopic (exact) mass is 411 g/mol. The lowest BCUT2D eigenvalue weighted by Gasteiger charge is -2.08. The molecule has 0 spiro atoms. The molecule has 0 radical (unpaired) electrons. The van der Waals surface area contributed by atoms with Crippen molar-refractivity contribution >= 4 is 29.1 Å². The van der Waals surface area contributed by atoms with Crippen LogP contribution in [0.2, 0.25) is 0 Å². The van der Waals surface area contributed by atoms with E-state index in [-0.39, 0.29) is 23.4 Å². The number of nitrogens with zero attached hydrogens (tertiary/aromatic N) is 4. The Morgan fingerprint density at radius 2 is 1.79 bits per heavy atom.